The standard InChI is InChI=1S/C22H31N5/c1-3-23-22(25-16-21-18(2)8-7-13-24-21)26-20-11-14-27(15-12-20)17-19-9-5-4-6-10-19/h4-10,13,20H,3,11-12,14-17H2,1-2H3,(H2,23,25,26). The van der Waals surface area contributed by atoms with Crippen molar-refractivity contribution >= 4 is 5.96 Å². The van der Waals surface area contributed by atoms with E-state index in [1.807, 2.05) is 12.3 Å². The molecule has 0 saturated carbocycles. The molecule has 0 bridgehead atoms. The lowest BCUT2D eigenvalue weighted by Crippen LogP contribution is -2.48. The minimum Gasteiger partial charge on any atom is -0.357 e. The second kappa shape index (κ2) is 10.1. The van der Waals surface area contributed by atoms with Crippen molar-refractivity contribution in [1.82, 2.24) is 20.5 Å². The fraction of sp³-hybridized carbons (Fsp3) is 0.455. The number of guanidine groups is 1. The van der Waals surface area contributed by atoms with Gasteiger partial charge < -0.3 is 10.6 Å². The summed E-state index contributed by atoms with van der Waals surface area (Å²) < 4.78 is 0. The zero-order valence-electron chi connectivity index (χ0n) is 16.5. The minimum atomic E-state index is 0.472. The summed E-state index contributed by atoms with van der Waals surface area (Å²) in [7, 11) is 0. The van der Waals surface area contributed by atoms with Crippen molar-refractivity contribution in [2.75, 3.05) is 19.6 Å². The van der Waals surface area contributed by atoms with Crippen LogP contribution < -0.4 is 10.6 Å². The molecule has 1 aromatic heterocycles. The van der Waals surface area contributed by atoms with E-state index in [2.05, 4.69) is 70.8 Å². The Balaban J connectivity index is 1.50. The SMILES string of the molecule is CCNC(=NCc1ncccc1C)NC1CCN(Cc2ccccc2)CC1. The molecule has 0 radical (unpaired) electrons. The summed E-state index contributed by atoms with van der Waals surface area (Å²) in [4.78, 5) is 11.7. The van der Waals surface area contributed by atoms with Gasteiger partial charge in [0.1, 0.15) is 0 Å². The summed E-state index contributed by atoms with van der Waals surface area (Å²) in [6.07, 6.45) is 4.11. The third-order valence-corrected chi connectivity index (χ3v) is 5.03. The lowest BCUT2D eigenvalue weighted by atomic mass is 10.0. The van der Waals surface area contributed by atoms with Crippen LogP contribution in [0, 0.1) is 6.92 Å². The van der Waals surface area contributed by atoms with E-state index in [4.69, 9.17) is 4.99 Å². The molecule has 27 heavy (non-hydrogen) atoms. The highest BCUT2D eigenvalue weighted by Crippen LogP contribution is 2.14. The molecule has 1 fully saturated rings. The Labute approximate surface area is 162 Å². The van der Waals surface area contributed by atoms with Crippen molar-refractivity contribution in [3.8, 4) is 0 Å². The molecular formula is C22H31N5. The van der Waals surface area contributed by atoms with E-state index in [1.54, 1.807) is 0 Å². The van der Waals surface area contributed by atoms with Crippen molar-refractivity contribution in [2.24, 2.45) is 4.99 Å². The Bertz CT molecular complexity index is 720. The average Bonchev–Trinajstić information content (AvgIpc) is 2.70. The number of rotatable bonds is 6. The normalized spacial score (nSPS) is 16.3. The van der Waals surface area contributed by atoms with Gasteiger partial charge in [0.2, 0.25) is 0 Å². The molecule has 0 aliphatic carbocycles. The zero-order chi connectivity index (χ0) is 18.9. The Morgan fingerprint density at radius 1 is 1.15 bits per heavy atom. The maximum atomic E-state index is 4.74. The number of aryl methyl sites for hydroxylation is 1. The number of aromatic nitrogens is 1. The maximum absolute atomic E-state index is 4.74. The molecule has 0 atom stereocenters. The van der Waals surface area contributed by atoms with E-state index in [0.717, 1.165) is 50.7 Å². The van der Waals surface area contributed by atoms with Crippen LogP contribution in [0.15, 0.2) is 53.7 Å². The van der Waals surface area contributed by atoms with Gasteiger partial charge in [-0.1, -0.05) is 36.4 Å². The predicted molar refractivity (Wildman–Crippen MR) is 112 cm³/mol. The van der Waals surface area contributed by atoms with Gasteiger partial charge in [0.25, 0.3) is 0 Å². The van der Waals surface area contributed by atoms with Crippen LogP contribution in [0.3, 0.4) is 0 Å². The van der Waals surface area contributed by atoms with Crippen molar-refractivity contribution in [1.29, 1.82) is 0 Å². The first kappa shape index (κ1) is 19.4. The van der Waals surface area contributed by atoms with Crippen LogP contribution in [0.25, 0.3) is 0 Å². The van der Waals surface area contributed by atoms with Gasteiger partial charge in [0.15, 0.2) is 5.96 Å². The number of aliphatic imine (C=N–C) groups is 1. The molecule has 1 aromatic carbocycles. The van der Waals surface area contributed by atoms with Crippen molar-refractivity contribution in [3.63, 3.8) is 0 Å². The molecule has 2 aromatic rings. The maximum Gasteiger partial charge on any atom is 0.191 e. The average molecular weight is 366 g/mol. The monoisotopic (exact) mass is 365 g/mol. The van der Waals surface area contributed by atoms with E-state index in [9.17, 15) is 0 Å². The molecule has 0 unspecified atom stereocenters. The van der Waals surface area contributed by atoms with Crippen LogP contribution in [0.1, 0.15) is 36.6 Å². The number of piperidine rings is 1. The van der Waals surface area contributed by atoms with E-state index >= 15 is 0 Å². The van der Waals surface area contributed by atoms with Crippen LogP contribution in [-0.2, 0) is 13.1 Å². The quantitative estimate of drug-likeness (QED) is 0.610. The van der Waals surface area contributed by atoms with Gasteiger partial charge in [0, 0.05) is 38.4 Å². The van der Waals surface area contributed by atoms with E-state index < -0.39 is 0 Å². The van der Waals surface area contributed by atoms with Crippen LogP contribution >= 0.6 is 0 Å². The van der Waals surface area contributed by atoms with Crippen LogP contribution in [0.2, 0.25) is 0 Å². The summed E-state index contributed by atoms with van der Waals surface area (Å²) in [5.74, 6) is 0.893. The highest BCUT2D eigenvalue weighted by atomic mass is 15.2. The number of nitrogens with zero attached hydrogens (tertiary/aromatic N) is 3. The van der Waals surface area contributed by atoms with Crippen molar-refractivity contribution < 1.29 is 0 Å². The summed E-state index contributed by atoms with van der Waals surface area (Å²) in [5.41, 5.74) is 3.61. The molecular weight excluding hydrogens is 334 g/mol. The van der Waals surface area contributed by atoms with Gasteiger partial charge in [-0.25, -0.2) is 4.99 Å². The fourth-order valence-corrected chi connectivity index (χ4v) is 3.43. The third-order valence-electron chi connectivity index (χ3n) is 5.03. The number of hydrogen-bond acceptors (Lipinski definition) is 3. The molecule has 0 amide bonds. The minimum absolute atomic E-state index is 0.472. The zero-order valence-corrected chi connectivity index (χ0v) is 16.5. The fourth-order valence-electron chi connectivity index (χ4n) is 3.43. The van der Waals surface area contributed by atoms with E-state index in [-0.39, 0.29) is 0 Å². The molecule has 1 aliphatic heterocycles. The van der Waals surface area contributed by atoms with Crippen LogP contribution in [0.4, 0.5) is 0 Å². The predicted octanol–water partition coefficient (Wildman–Crippen LogP) is 3.11. The van der Waals surface area contributed by atoms with Crippen molar-refractivity contribution in [2.45, 2.75) is 45.8 Å². The van der Waals surface area contributed by atoms with Gasteiger partial charge in [-0.3, -0.25) is 9.88 Å². The number of nitrogens with one attached hydrogen (secondary N) is 2. The first-order valence-electron chi connectivity index (χ1n) is 9.96. The molecule has 1 aliphatic rings. The lowest BCUT2D eigenvalue weighted by molar-refractivity contribution is 0.198. The first-order chi connectivity index (χ1) is 13.2. The largest absolute Gasteiger partial charge is 0.357 e. The summed E-state index contributed by atoms with van der Waals surface area (Å²) in [6, 6.07) is 15.3. The Morgan fingerprint density at radius 3 is 2.63 bits per heavy atom. The highest BCUT2D eigenvalue weighted by Gasteiger charge is 2.20. The molecule has 144 valence electrons. The molecule has 3 rings (SSSR count). The lowest BCUT2D eigenvalue weighted by Gasteiger charge is -2.33. The molecule has 2 heterocycles. The highest BCUT2D eigenvalue weighted by molar-refractivity contribution is 5.80. The summed E-state index contributed by atoms with van der Waals surface area (Å²) in [5, 5.41) is 6.98. The number of likely N-dealkylation sites (tertiary alicyclic amines) is 1. The Hall–Kier alpha value is -2.40. The molecule has 5 heteroatoms. The van der Waals surface area contributed by atoms with Gasteiger partial charge in [0.05, 0.1) is 12.2 Å². The second-order valence-corrected chi connectivity index (χ2v) is 7.14. The molecule has 5 nitrogen and oxygen atoms in total. The number of hydrogen-bond donors (Lipinski definition) is 2. The number of benzene rings is 1. The molecule has 1 saturated heterocycles. The second-order valence-electron chi connectivity index (χ2n) is 7.14. The smallest absolute Gasteiger partial charge is 0.191 e. The summed E-state index contributed by atoms with van der Waals surface area (Å²) in [6.45, 7) is 8.93. The van der Waals surface area contributed by atoms with Crippen LogP contribution in [-0.4, -0.2) is 41.5 Å². The third kappa shape index (κ3) is 6.07. The summed E-state index contributed by atoms with van der Waals surface area (Å²) >= 11 is 0. The van der Waals surface area contributed by atoms with E-state index in [1.165, 1.54) is 11.1 Å². The number of pyridine rings is 1. The first-order valence-corrected chi connectivity index (χ1v) is 9.96. The topological polar surface area (TPSA) is 52.6 Å². The van der Waals surface area contributed by atoms with Crippen molar-refractivity contribution in [3.05, 3.63) is 65.5 Å². The molecule has 2 N–H and O–H groups in total. The van der Waals surface area contributed by atoms with E-state index in [0.29, 0.717) is 12.6 Å². The van der Waals surface area contributed by atoms with Gasteiger partial charge in [-0.05, 0) is 43.9 Å². The molecule has 0 spiro atoms. The van der Waals surface area contributed by atoms with Gasteiger partial charge in [-0.2, -0.15) is 0 Å². The van der Waals surface area contributed by atoms with Crippen LogP contribution in [0.5, 0.6) is 0 Å². The van der Waals surface area contributed by atoms with Gasteiger partial charge in [-0.15, -0.1) is 0 Å². The Kier molecular flexibility index (Phi) is 7.22. The Morgan fingerprint density at radius 2 is 1.93 bits per heavy atom. The van der Waals surface area contributed by atoms with Gasteiger partial charge >= 0.3 is 0 Å².